The molecule has 4 rings (SSSR count). The first-order valence-corrected chi connectivity index (χ1v) is 10.0. The number of aryl methyl sites for hydroxylation is 2. The molecule has 5 nitrogen and oxygen atoms in total. The molecule has 4 aromatic rings. The van der Waals surface area contributed by atoms with Gasteiger partial charge in [-0.05, 0) is 79.7 Å². The van der Waals surface area contributed by atoms with Crippen molar-refractivity contribution in [1.29, 1.82) is 0 Å². The molecule has 0 aliphatic heterocycles. The van der Waals surface area contributed by atoms with Crippen molar-refractivity contribution in [2.75, 3.05) is 5.32 Å². The number of benzene rings is 3. The number of nitrogens with one attached hydrogen (secondary N) is 2. The summed E-state index contributed by atoms with van der Waals surface area (Å²) in [6.07, 6.45) is 0. The molecule has 0 bridgehead atoms. The Kier molecular flexibility index (Phi) is 5.53. The second-order valence-electron chi connectivity index (χ2n) is 6.89. The van der Waals surface area contributed by atoms with Crippen LogP contribution in [0.2, 0.25) is 5.02 Å². The molecule has 0 saturated carbocycles. The quantitative estimate of drug-likeness (QED) is 0.392. The smallest absolute Gasteiger partial charge is 0.257 e. The number of rotatable bonds is 3. The normalized spacial score (nSPS) is 10.8. The van der Waals surface area contributed by atoms with E-state index in [-0.39, 0.29) is 11.0 Å². The predicted molar refractivity (Wildman–Crippen MR) is 124 cm³/mol. The van der Waals surface area contributed by atoms with Gasteiger partial charge in [-0.15, -0.1) is 0 Å². The van der Waals surface area contributed by atoms with Crippen LogP contribution in [-0.4, -0.2) is 16.0 Å². The Hall–Kier alpha value is -3.22. The molecule has 7 heteroatoms. The number of hydrogen-bond donors (Lipinski definition) is 2. The highest BCUT2D eigenvalue weighted by Gasteiger charge is 2.13. The van der Waals surface area contributed by atoms with Crippen LogP contribution in [0.3, 0.4) is 0 Å². The van der Waals surface area contributed by atoms with Crippen molar-refractivity contribution < 1.29 is 9.21 Å². The summed E-state index contributed by atoms with van der Waals surface area (Å²) in [6, 6.07) is 18.3. The van der Waals surface area contributed by atoms with Crippen LogP contribution < -0.4 is 10.6 Å². The van der Waals surface area contributed by atoms with Crippen molar-refractivity contribution >= 4 is 51.6 Å². The van der Waals surface area contributed by atoms with E-state index in [1.54, 1.807) is 30.3 Å². The van der Waals surface area contributed by atoms with Crippen LogP contribution in [0.5, 0.6) is 0 Å². The Morgan fingerprint density at radius 3 is 2.60 bits per heavy atom. The summed E-state index contributed by atoms with van der Waals surface area (Å²) in [6.45, 7) is 3.97. The number of carbonyl (C=O) groups is 1. The van der Waals surface area contributed by atoms with Crippen molar-refractivity contribution in [3.63, 3.8) is 0 Å². The largest absolute Gasteiger partial charge is 0.436 e. The Morgan fingerprint density at radius 2 is 1.83 bits per heavy atom. The van der Waals surface area contributed by atoms with Gasteiger partial charge in [-0.3, -0.25) is 10.1 Å². The highest BCUT2D eigenvalue weighted by molar-refractivity contribution is 7.80. The number of nitrogens with zero attached hydrogens (tertiary/aromatic N) is 1. The van der Waals surface area contributed by atoms with E-state index in [0.29, 0.717) is 33.3 Å². The number of fused-ring (bicyclic) bond motifs is 1. The van der Waals surface area contributed by atoms with E-state index in [9.17, 15) is 4.79 Å². The van der Waals surface area contributed by atoms with Gasteiger partial charge < -0.3 is 9.73 Å². The van der Waals surface area contributed by atoms with Crippen molar-refractivity contribution in [1.82, 2.24) is 10.3 Å². The second-order valence-corrected chi connectivity index (χ2v) is 7.70. The monoisotopic (exact) mass is 435 g/mol. The van der Waals surface area contributed by atoms with E-state index in [4.69, 9.17) is 28.2 Å². The Labute approximate surface area is 184 Å². The number of amides is 1. The summed E-state index contributed by atoms with van der Waals surface area (Å²) < 4.78 is 5.81. The first kappa shape index (κ1) is 20.1. The molecule has 0 unspecified atom stereocenters. The van der Waals surface area contributed by atoms with Crippen LogP contribution in [0.4, 0.5) is 5.69 Å². The van der Waals surface area contributed by atoms with Gasteiger partial charge in [0.05, 0.1) is 10.6 Å². The summed E-state index contributed by atoms with van der Waals surface area (Å²) in [7, 11) is 0. The highest BCUT2D eigenvalue weighted by atomic mass is 35.5. The molecule has 150 valence electrons. The lowest BCUT2D eigenvalue weighted by Crippen LogP contribution is -2.34. The van der Waals surface area contributed by atoms with E-state index in [1.165, 1.54) is 0 Å². The summed E-state index contributed by atoms with van der Waals surface area (Å²) in [5.41, 5.74) is 5.42. The van der Waals surface area contributed by atoms with E-state index >= 15 is 0 Å². The summed E-state index contributed by atoms with van der Waals surface area (Å²) >= 11 is 11.5. The van der Waals surface area contributed by atoms with Crippen LogP contribution in [-0.2, 0) is 0 Å². The van der Waals surface area contributed by atoms with E-state index in [0.717, 1.165) is 16.7 Å². The minimum absolute atomic E-state index is 0.201. The van der Waals surface area contributed by atoms with Gasteiger partial charge in [0.2, 0.25) is 5.89 Å². The maximum atomic E-state index is 12.4. The molecule has 2 N–H and O–H groups in total. The Morgan fingerprint density at radius 1 is 1.03 bits per heavy atom. The average Bonchev–Trinajstić information content (AvgIpc) is 3.13. The molecule has 0 radical (unpaired) electrons. The molecule has 0 saturated heterocycles. The van der Waals surface area contributed by atoms with E-state index in [1.807, 2.05) is 44.2 Å². The van der Waals surface area contributed by atoms with Gasteiger partial charge >= 0.3 is 0 Å². The molecule has 1 amide bonds. The zero-order chi connectivity index (χ0) is 21.3. The predicted octanol–water partition coefficient (Wildman–Crippen LogP) is 5.89. The van der Waals surface area contributed by atoms with E-state index < -0.39 is 0 Å². The maximum Gasteiger partial charge on any atom is 0.257 e. The first-order valence-electron chi connectivity index (χ1n) is 9.26. The topological polar surface area (TPSA) is 67.2 Å². The maximum absolute atomic E-state index is 12.4. The molecule has 30 heavy (non-hydrogen) atoms. The van der Waals surface area contributed by atoms with Gasteiger partial charge in [0.15, 0.2) is 10.7 Å². The Bertz CT molecular complexity index is 1280. The van der Waals surface area contributed by atoms with Gasteiger partial charge in [0.25, 0.3) is 5.91 Å². The molecular formula is C23H18ClN3O2S. The third-order valence-corrected chi connectivity index (χ3v) is 5.28. The Balaban J connectivity index is 1.49. The SMILES string of the molecule is Cc1ccc(C(=O)NC(=S)Nc2ccc3oc(-c4ccccc4Cl)nc3c2)cc1C. The standard InChI is InChI=1S/C23H18ClN3O2S/c1-13-7-8-15(11-14(13)2)21(28)27-23(30)25-16-9-10-20-19(12-16)26-22(29-20)17-5-3-4-6-18(17)24/h3-12H,1-2H3,(H2,25,27,28,30). The minimum atomic E-state index is -0.265. The lowest BCUT2D eigenvalue weighted by atomic mass is 10.1. The summed E-state index contributed by atoms with van der Waals surface area (Å²) in [5, 5.41) is 6.48. The fourth-order valence-electron chi connectivity index (χ4n) is 2.98. The van der Waals surface area contributed by atoms with Gasteiger partial charge in [-0.1, -0.05) is 29.8 Å². The fraction of sp³-hybridized carbons (Fsp3) is 0.0870. The number of halogens is 1. The fourth-order valence-corrected chi connectivity index (χ4v) is 3.40. The molecule has 0 fully saturated rings. The van der Waals surface area contributed by atoms with Crippen molar-refractivity contribution in [2.45, 2.75) is 13.8 Å². The van der Waals surface area contributed by atoms with Crippen LogP contribution >= 0.6 is 23.8 Å². The third kappa shape index (κ3) is 4.20. The molecule has 0 spiro atoms. The highest BCUT2D eigenvalue weighted by Crippen LogP contribution is 2.30. The average molecular weight is 436 g/mol. The lowest BCUT2D eigenvalue weighted by Gasteiger charge is -2.10. The van der Waals surface area contributed by atoms with Crippen LogP contribution in [0, 0.1) is 13.8 Å². The zero-order valence-electron chi connectivity index (χ0n) is 16.3. The minimum Gasteiger partial charge on any atom is -0.436 e. The van der Waals surface area contributed by atoms with Crippen molar-refractivity contribution in [3.8, 4) is 11.5 Å². The molecular weight excluding hydrogens is 418 g/mol. The molecule has 0 aliphatic carbocycles. The number of oxazole rings is 1. The molecule has 0 atom stereocenters. The number of thiocarbonyl (C=S) groups is 1. The molecule has 1 aromatic heterocycles. The third-order valence-electron chi connectivity index (χ3n) is 4.75. The van der Waals surface area contributed by atoms with Gasteiger partial charge in [-0.2, -0.15) is 0 Å². The number of aromatic nitrogens is 1. The van der Waals surface area contributed by atoms with Gasteiger partial charge in [0.1, 0.15) is 5.52 Å². The van der Waals surface area contributed by atoms with Crippen LogP contribution in [0.25, 0.3) is 22.6 Å². The van der Waals surface area contributed by atoms with E-state index in [2.05, 4.69) is 15.6 Å². The first-order chi connectivity index (χ1) is 14.4. The number of carbonyl (C=O) groups excluding carboxylic acids is 1. The van der Waals surface area contributed by atoms with Gasteiger partial charge in [0, 0.05) is 11.3 Å². The summed E-state index contributed by atoms with van der Waals surface area (Å²) in [5.74, 6) is 0.178. The molecule has 0 aliphatic rings. The van der Waals surface area contributed by atoms with Crippen LogP contribution in [0.15, 0.2) is 65.1 Å². The lowest BCUT2D eigenvalue weighted by molar-refractivity contribution is 0.0977. The van der Waals surface area contributed by atoms with Crippen LogP contribution in [0.1, 0.15) is 21.5 Å². The molecule has 3 aromatic carbocycles. The number of anilines is 1. The van der Waals surface area contributed by atoms with Gasteiger partial charge in [-0.25, -0.2) is 4.98 Å². The number of hydrogen-bond acceptors (Lipinski definition) is 4. The van der Waals surface area contributed by atoms with Crippen molar-refractivity contribution in [2.24, 2.45) is 0 Å². The second kappa shape index (κ2) is 8.26. The van der Waals surface area contributed by atoms with Crippen molar-refractivity contribution in [3.05, 3.63) is 82.4 Å². The summed E-state index contributed by atoms with van der Waals surface area (Å²) in [4.78, 5) is 17.0. The zero-order valence-corrected chi connectivity index (χ0v) is 17.9. The molecule has 1 heterocycles.